The minimum atomic E-state index is -0.832. The standard InChI is InChI=1S/C14H19NO2/c1-2-11-7-5-6-10-15(11)13-9-4-3-8-12(13)14(16)17/h3-4,8-9,11H,2,5-7,10H2,1H3,(H,16,17)/t11-/m1/s1. The second-order valence-electron chi connectivity index (χ2n) is 4.57. The van der Waals surface area contributed by atoms with E-state index in [4.69, 9.17) is 0 Å². The van der Waals surface area contributed by atoms with Gasteiger partial charge in [0, 0.05) is 12.6 Å². The van der Waals surface area contributed by atoms with Crippen LogP contribution >= 0.6 is 0 Å². The molecule has 3 nitrogen and oxygen atoms in total. The van der Waals surface area contributed by atoms with Crippen molar-refractivity contribution in [1.82, 2.24) is 0 Å². The summed E-state index contributed by atoms with van der Waals surface area (Å²) in [5.41, 5.74) is 1.31. The van der Waals surface area contributed by atoms with E-state index in [-0.39, 0.29) is 0 Å². The molecule has 1 heterocycles. The van der Waals surface area contributed by atoms with E-state index in [1.54, 1.807) is 12.1 Å². The van der Waals surface area contributed by atoms with Gasteiger partial charge in [-0.25, -0.2) is 4.79 Å². The molecule has 0 bridgehead atoms. The maximum Gasteiger partial charge on any atom is 0.337 e. The Morgan fingerprint density at radius 2 is 2.18 bits per heavy atom. The second kappa shape index (κ2) is 5.21. The lowest BCUT2D eigenvalue weighted by atomic mass is 9.98. The number of nitrogens with zero attached hydrogens (tertiary/aromatic N) is 1. The second-order valence-corrected chi connectivity index (χ2v) is 4.57. The highest BCUT2D eigenvalue weighted by Gasteiger charge is 2.24. The van der Waals surface area contributed by atoms with Crippen LogP contribution in [0.3, 0.4) is 0 Å². The van der Waals surface area contributed by atoms with Gasteiger partial charge in [-0.15, -0.1) is 0 Å². The first-order chi connectivity index (χ1) is 8.24. The van der Waals surface area contributed by atoms with E-state index in [9.17, 15) is 9.90 Å². The number of carboxylic acid groups (broad SMARTS) is 1. The number of carbonyl (C=O) groups is 1. The van der Waals surface area contributed by atoms with E-state index in [0.29, 0.717) is 11.6 Å². The van der Waals surface area contributed by atoms with E-state index in [1.807, 2.05) is 12.1 Å². The molecule has 0 saturated carbocycles. The van der Waals surface area contributed by atoms with Gasteiger partial charge >= 0.3 is 5.97 Å². The molecule has 1 saturated heterocycles. The van der Waals surface area contributed by atoms with Crippen molar-refractivity contribution in [2.75, 3.05) is 11.4 Å². The number of hydrogen-bond donors (Lipinski definition) is 1. The first-order valence-corrected chi connectivity index (χ1v) is 6.33. The van der Waals surface area contributed by atoms with Crippen LogP contribution in [-0.4, -0.2) is 23.7 Å². The van der Waals surface area contributed by atoms with E-state index in [0.717, 1.165) is 25.1 Å². The number of hydrogen-bond acceptors (Lipinski definition) is 2. The Morgan fingerprint density at radius 3 is 2.88 bits per heavy atom. The number of anilines is 1. The predicted molar refractivity (Wildman–Crippen MR) is 68.7 cm³/mol. The van der Waals surface area contributed by atoms with Crippen molar-refractivity contribution in [3.63, 3.8) is 0 Å². The van der Waals surface area contributed by atoms with E-state index >= 15 is 0 Å². The van der Waals surface area contributed by atoms with Gasteiger partial charge in [0.15, 0.2) is 0 Å². The molecule has 3 heteroatoms. The van der Waals surface area contributed by atoms with E-state index < -0.39 is 5.97 Å². The first-order valence-electron chi connectivity index (χ1n) is 6.33. The Hall–Kier alpha value is -1.51. The van der Waals surface area contributed by atoms with Gasteiger partial charge in [-0.05, 0) is 37.8 Å². The van der Waals surface area contributed by atoms with E-state index in [1.165, 1.54) is 12.8 Å². The molecule has 17 heavy (non-hydrogen) atoms. The normalized spacial score (nSPS) is 20.3. The Labute approximate surface area is 102 Å². The summed E-state index contributed by atoms with van der Waals surface area (Å²) < 4.78 is 0. The Balaban J connectivity index is 2.34. The quantitative estimate of drug-likeness (QED) is 0.871. The average Bonchev–Trinajstić information content (AvgIpc) is 2.38. The number of para-hydroxylation sites is 1. The molecule has 0 aliphatic carbocycles. The molecule has 1 aliphatic heterocycles. The highest BCUT2D eigenvalue weighted by atomic mass is 16.4. The summed E-state index contributed by atoms with van der Waals surface area (Å²) in [5, 5.41) is 9.23. The lowest BCUT2D eigenvalue weighted by Crippen LogP contribution is -2.39. The molecule has 1 atom stereocenters. The van der Waals surface area contributed by atoms with Crippen LogP contribution in [0, 0.1) is 0 Å². The largest absolute Gasteiger partial charge is 0.478 e. The summed E-state index contributed by atoms with van der Waals surface area (Å²) in [4.78, 5) is 13.5. The summed E-state index contributed by atoms with van der Waals surface area (Å²) in [6.07, 6.45) is 4.66. The van der Waals surface area contributed by atoms with Gasteiger partial charge in [-0.3, -0.25) is 0 Å². The fourth-order valence-electron chi connectivity index (χ4n) is 2.65. The van der Waals surface area contributed by atoms with Gasteiger partial charge in [0.25, 0.3) is 0 Å². The molecule has 92 valence electrons. The van der Waals surface area contributed by atoms with Gasteiger partial charge in [-0.1, -0.05) is 19.1 Å². The summed E-state index contributed by atoms with van der Waals surface area (Å²) in [7, 11) is 0. The molecule has 1 fully saturated rings. The zero-order valence-electron chi connectivity index (χ0n) is 10.2. The predicted octanol–water partition coefficient (Wildman–Crippen LogP) is 3.15. The monoisotopic (exact) mass is 233 g/mol. The van der Waals surface area contributed by atoms with Crippen molar-refractivity contribution in [2.45, 2.75) is 38.6 Å². The lowest BCUT2D eigenvalue weighted by Gasteiger charge is -2.37. The number of aromatic carboxylic acids is 1. The summed E-state index contributed by atoms with van der Waals surface area (Å²) in [6, 6.07) is 7.82. The zero-order valence-corrected chi connectivity index (χ0v) is 10.2. The average molecular weight is 233 g/mol. The van der Waals surface area contributed by atoms with Gasteiger partial charge < -0.3 is 10.0 Å². The molecule has 0 spiro atoms. The van der Waals surface area contributed by atoms with Crippen LogP contribution in [0.1, 0.15) is 43.0 Å². The van der Waals surface area contributed by atoms with Crippen LogP contribution in [0.15, 0.2) is 24.3 Å². The highest BCUT2D eigenvalue weighted by molar-refractivity contribution is 5.94. The summed E-state index contributed by atoms with van der Waals surface area (Å²) in [5.74, 6) is -0.832. The first kappa shape index (κ1) is 12.0. The smallest absolute Gasteiger partial charge is 0.337 e. The van der Waals surface area contributed by atoms with Crippen molar-refractivity contribution in [3.05, 3.63) is 29.8 Å². The topological polar surface area (TPSA) is 40.5 Å². The maximum absolute atomic E-state index is 11.2. The van der Waals surface area contributed by atoms with Gasteiger partial charge in [0.05, 0.1) is 11.3 Å². The van der Waals surface area contributed by atoms with Gasteiger partial charge in [0.1, 0.15) is 0 Å². The van der Waals surface area contributed by atoms with Gasteiger partial charge in [0.2, 0.25) is 0 Å². The highest BCUT2D eigenvalue weighted by Crippen LogP contribution is 2.29. The lowest BCUT2D eigenvalue weighted by molar-refractivity contribution is 0.0697. The third-order valence-corrected chi connectivity index (χ3v) is 3.54. The number of rotatable bonds is 3. The maximum atomic E-state index is 11.2. The Morgan fingerprint density at radius 1 is 1.41 bits per heavy atom. The van der Waals surface area contributed by atoms with Crippen molar-refractivity contribution >= 4 is 11.7 Å². The molecular weight excluding hydrogens is 214 g/mol. The Kier molecular flexibility index (Phi) is 3.67. The molecule has 1 N–H and O–H groups in total. The Bertz CT molecular complexity index is 403. The summed E-state index contributed by atoms with van der Waals surface area (Å²) >= 11 is 0. The molecule has 0 radical (unpaired) electrons. The molecule has 1 aliphatic rings. The van der Waals surface area contributed by atoms with Crippen LogP contribution < -0.4 is 4.90 Å². The molecule has 1 aromatic carbocycles. The summed E-state index contributed by atoms with van der Waals surface area (Å²) in [6.45, 7) is 3.15. The minimum absolute atomic E-state index is 0.424. The zero-order chi connectivity index (χ0) is 12.3. The van der Waals surface area contributed by atoms with Crippen molar-refractivity contribution in [1.29, 1.82) is 0 Å². The minimum Gasteiger partial charge on any atom is -0.478 e. The molecule has 0 unspecified atom stereocenters. The third kappa shape index (κ3) is 2.43. The van der Waals surface area contributed by atoms with Gasteiger partial charge in [-0.2, -0.15) is 0 Å². The molecule has 0 amide bonds. The molecule has 0 aromatic heterocycles. The van der Waals surface area contributed by atoms with Crippen molar-refractivity contribution < 1.29 is 9.90 Å². The molecule has 2 rings (SSSR count). The fraction of sp³-hybridized carbons (Fsp3) is 0.500. The van der Waals surface area contributed by atoms with Crippen LogP contribution in [0.25, 0.3) is 0 Å². The van der Waals surface area contributed by atoms with Crippen LogP contribution in [-0.2, 0) is 0 Å². The molecular formula is C14H19NO2. The van der Waals surface area contributed by atoms with Crippen molar-refractivity contribution in [2.24, 2.45) is 0 Å². The van der Waals surface area contributed by atoms with Crippen LogP contribution in [0.5, 0.6) is 0 Å². The number of benzene rings is 1. The third-order valence-electron chi connectivity index (χ3n) is 3.54. The van der Waals surface area contributed by atoms with Crippen LogP contribution in [0.4, 0.5) is 5.69 Å². The molecule has 1 aromatic rings. The number of carboxylic acids is 1. The van der Waals surface area contributed by atoms with E-state index in [2.05, 4.69) is 11.8 Å². The van der Waals surface area contributed by atoms with Crippen molar-refractivity contribution in [3.8, 4) is 0 Å². The SMILES string of the molecule is CC[C@@H]1CCCCN1c1ccccc1C(=O)O. The fourth-order valence-corrected chi connectivity index (χ4v) is 2.65. The van der Waals surface area contributed by atoms with Crippen LogP contribution in [0.2, 0.25) is 0 Å². The number of piperidine rings is 1.